The summed E-state index contributed by atoms with van der Waals surface area (Å²) >= 11 is 6.11. The van der Waals surface area contributed by atoms with E-state index in [4.69, 9.17) is 16.7 Å². The summed E-state index contributed by atoms with van der Waals surface area (Å²) in [6.07, 6.45) is 2.38. The van der Waals surface area contributed by atoms with Crippen LogP contribution in [-0.2, 0) is 11.2 Å². The molecule has 0 unspecified atom stereocenters. The van der Waals surface area contributed by atoms with Gasteiger partial charge < -0.3 is 9.67 Å². The molecule has 0 aliphatic carbocycles. The summed E-state index contributed by atoms with van der Waals surface area (Å²) in [5, 5.41) is 9.39. The number of benzene rings is 1. The molecule has 100 valence electrons. The van der Waals surface area contributed by atoms with Crippen LogP contribution in [0.25, 0.3) is 5.69 Å². The van der Waals surface area contributed by atoms with E-state index in [1.807, 2.05) is 42.8 Å². The van der Waals surface area contributed by atoms with Gasteiger partial charge in [0, 0.05) is 23.3 Å². The van der Waals surface area contributed by atoms with Crippen LogP contribution in [0.15, 0.2) is 24.4 Å². The average molecular weight is 279 g/mol. The van der Waals surface area contributed by atoms with Gasteiger partial charge in [0.2, 0.25) is 0 Å². The maximum absolute atomic E-state index is 10.6. The van der Waals surface area contributed by atoms with Gasteiger partial charge in [0.05, 0.1) is 12.1 Å². The third-order valence-electron chi connectivity index (χ3n) is 2.96. The maximum Gasteiger partial charge on any atom is 0.303 e. The van der Waals surface area contributed by atoms with Crippen molar-refractivity contribution in [1.29, 1.82) is 0 Å². The number of nitrogens with zero attached hydrogens (tertiary/aromatic N) is 2. The van der Waals surface area contributed by atoms with E-state index in [0.29, 0.717) is 11.4 Å². The molecule has 0 aliphatic rings. The molecule has 0 atom stereocenters. The number of imidazole rings is 1. The van der Waals surface area contributed by atoms with E-state index in [1.165, 1.54) is 0 Å². The van der Waals surface area contributed by atoms with E-state index in [0.717, 1.165) is 22.8 Å². The molecular weight excluding hydrogens is 264 g/mol. The first kappa shape index (κ1) is 13.6. The number of carboxylic acid groups (broad SMARTS) is 1. The van der Waals surface area contributed by atoms with Gasteiger partial charge in [-0.1, -0.05) is 17.7 Å². The van der Waals surface area contributed by atoms with Crippen LogP contribution in [0.4, 0.5) is 0 Å². The SMILES string of the molecule is Cc1ccc(-n2cc(CCC(=O)O)nc2C)cc1Cl. The number of hydrogen-bond donors (Lipinski definition) is 1. The Morgan fingerprint density at radius 2 is 2.16 bits per heavy atom. The van der Waals surface area contributed by atoms with Crippen LogP contribution in [0, 0.1) is 13.8 Å². The normalized spacial score (nSPS) is 10.7. The van der Waals surface area contributed by atoms with Gasteiger partial charge in [0.1, 0.15) is 5.82 Å². The predicted octanol–water partition coefficient (Wildman–Crippen LogP) is 3.16. The zero-order valence-electron chi connectivity index (χ0n) is 10.9. The molecule has 0 amide bonds. The summed E-state index contributed by atoms with van der Waals surface area (Å²) in [4.78, 5) is 14.9. The molecule has 2 rings (SSSR count). The Labute approximate surface area is 116 Å². The molecule has 0 saturated heterocycles. The number of rotatable bonds is 4. The molecule has 5 heteroatoms. The topological polar surface area (TPSA) is 55.1 Å². The fourth-order valence-corrected chi connectivity index (χ4v) is 2.06. The van der Waals surface area contributed by atoms with E-state index >= 15 is 0 Å². The molecule has 1 aromatic heterocycles. The standard InChI is InChI=1S/C14H15ClN2O2/c1-9-3-5-12(7-13(9)15)17-8-11(16-10(17)2)4-6-14(18)19/h3,5,7-8H,4,6H2,1-2H3,(H,18,19). The number of halogens is 1. The van der Waals surface area contributed by atoms with Crippen LogP contribution in [0.1, 0.15) is 23.5 Å². The van der Waals surface area contributed by atoms with Gasteiger partial charge in [-0.2, -0.15) is 0 Å². The van der Waals surface area contributed by atoms with E-state index in [1.54, 1.807) is 0 Å². The second-order valence-corrected chi connectivity index (χ2v) is 4.88. The largest absolute Gasteiger partial charge is 0.481 e. The third kappa shape index (κ3) is 3.15. The zero-order valence-corrected chi connectivity index (χ0v) is 11.6. The molecule has 0 fully saturated rings. The summed E-state index contributed by atoms with van der Waals surface area (Å²) in [5.74, 6) is 0.00546. The van der Waals surface area contributed by atoms with Crippen molar-refractivity contribution >= 4 is 17.6 Å². The first-order valence-electron chi connectivity index (χ1n) is 6.00. The molecule has 0 radical (unpaired) electrons. The number of aliphatic carboxylic acids is 1. The molecule has 1 aromatic carbocycles. The number of carbonyl (C=O) groups is 1. The van der Waals surface area contributed by atoms with Crippen molar-refractivity contribution in [3.05, 3.63) is 46.5 Å². The van der Waals surface area contributed by atoms with Crippen LogP contribution in [0.2, 0.25) is 5.02 Å². The van der Waals surface area contributed by atoms with E-state index < -0.39 is 5.97 Å². The number of aromatic nitrogens is 2. The molecule has 0 aliphatic heterocycles. The molecule has 1 N–H and O–H groups in total. The minimum Gasteiger partial charge on any atom is -0.481 e. The van der Waals surface area contributed by atoms with Gasteiger partial charge in [-0.3, -0.25) is 4.79 Å². The van der Waals surface area contributed by atoms with Gasteiger partial charge in [-0.15, -0.1) is 0 Å². The summed E-state index contributed by atoms with van der Waals surface area (Å²) in [6.45, 7) is 3.84. The van der Waals surface area contributed by atoms with Crippen molar-refractivity contribution in [3.8, 4) is 5.69 Å². The van der Waals surface area contributed by atoms with Gasteiger partial charge in [-0.25, -0.2) is 4.98 Å². The highest BCUT2D eigenvalue weighted by molar-refractivity contribution is 6.31. The Bertz CT molecular complexity index is 620. The molecule has 19 heavy (non-hydrogen) atoms. The molecular formula is C14H15ClN2O2. The van der Waals surface area contributed by atoms with Crippen molar-refractivity contribution in [1.82, 2.24) is 9.55 Å². The molecule has 0 bridgehead atoms. The fourth-order valence-electron chi connectivity index (χ4n) is 1.88. The summed E-state index contributed by atoms with van der Waals surface area (Å²) < 4.78 is 1.92. The fraction of sp³-hybridized carbons (Fsp3) is 0.286. The smallest absolute Gasteiger partial charge is 0.303 e. The average Bonchev–Trinajstić information content (AvgIpc) is 2.72. The van der Waals surface area contributed by atoms with Crippen molar-refractivity contribution in [2.45, 2.75) is 26.7 Å². The third-order valence-corrected chi connectivity index (χ3v) is 3.37. The van der Waals surface area contributed by atoms with Crippen molar-refractivity contribution < 1.29 is 9.90 Å². The highest BCUT2D eigenvalue weighted by Crippen LogP contribution is 2.21. The van der Waals surface area contributed by atoms with Crippen LogP contribution in [0.5, 0.6) is 0 Å². The van der Waals surface area contributed by atoms with Crippen molar-refractivity contribution in [3.63, 3.8) is 0 Å². The second kappa shape index (κ2) is 5.45. The predicted molar refractivity (Wildman–Crippen MR) is 74.0 cm³/mol. The van der Waals surface area contributed by atoms with Gasteiger partial charge >= 0.3 is 5.97 Å². The highest BCUT2D eigenvalue weighted by atomic mass is 35.5. The molecule has 0 saturated carbocycles. The van der Waals surface area contributed by atoms with Gasteiger partial charge in [0.15, 0.2) is 0 Å². The van der Waals surface area contributed by atoms with Crippen molar-refractivity contribution in [2.75, 3.05) is 0 Å². The Kier molecular flexibility index (Phi) is 3.90. The highest BCUT2D eigenvalue weighted by Gasteiger charge is 2.08. The minimum atomic E-state index is -0.814. The Morgan fingerprint density at radius 1 is 1.42 bits per heavy atom. The molecule has 1 heterocycles. The lowest BCUT2D eigenvalue weighted by Crippen LogP contribution is -1.97. The first-order chi connectivity index (χ1) is 8.97. The van der Waals surface area contributed by atoms with Gasteiger partial charge in [0.25, 0.3) is 0 Å². The molecule has 4 nitrogen and oxygen atoms in total. The van der Waals surface area contributed by atoms with Crippen molar-refractivity contribution in [2.24, 2.45) is 0 Å². The molecule has 2 aromatic rings. The van der Waals surface area contributed by atoms with E-state index in [2.05, 4.69) is 4.98 Å². The van der Waals surface area contributed by atoms with E-state index in [9.17, 15) is 4.79 Å². The lowest BCUT2D eigenvalue weighted by Gasteiger charge is -2.06. The Hall–Kier alpha value is -1.81. The van der Waals surface area contributed by atoms with Gasteiger partial charge in [-0.05, 0) is 31.5 Å². The number of hydrogen-bond acceptors (Lipinski definition) is 2. The van der Waals surface area contributed by atoms with Crippen LogP contribution < -0.4 is 0 Å². The zero-order chi connectivity index (χ0) is 14.0. The summed E-state index contributed by atoms with van der Waals surface area (Å²) in [7, 11) is 0. The monoisotopic (exact) mass is 278 g/mol. The number of aryl methyl sites for hydroxylation is 3. The van der Waals surface area contributed by atoms with Crippen LogP contribution in [0.3, 0.4) is 0 Å². The lowest BCUT2D eigenvalue weighted by molar-refractivity contribution is -0.136. The Balaban J connectivity index is 2.29. The maximum atomic E-state index is 10.6. The van der Waals surface area contributed by atoms with Crippen LogP contribution in [-0.4, -0.2) is 20.6 Å². The molecule has 0 spiro atoms. The Morgan fingerprint density at radius 3 is 2.79 bits per heavy atom. The summed E-state index contributed by atoms with van der Waals surface area (Å²) in [6, 6.07) is 5.80. The first-order valence-corrected chi connectivity index (χ1v) is 6.38. The quantitative estimate of drug-likeness (QED) is 0.935. The number of carboxylic acids is 1. The lowest BCUT2D eigenvalue weighted by atomic mass is 10.2. The minimum absolute atomic E-state index is 0.0884. The second-order valence-electron chi connectivity index (χ2n) is 4.48. The summed E-state index contributed by atoms with van der Waals surface area (Å²) in [5.41, 5.74) is 2.73. The van der Waals surface area contributed by atoms with E-state index in [-0.39, 0.29) is 6.42 Å². The van der Waals surface area contributed by atoms with Crippen LogP contribution >= 0.6 is 11.6 Å².